The smallest absolute Gasteiger partial charge is 0.307 e. The summed E-state index contributed by atoms with van der Waals surface area (Å²) in [5.41, 5.74) is 0.922. The van der Waals surface area contributed by atoms with Gasteiger partial charge in [0, 0.05) is 5.02 Å². The minimum atomic E-state index is -3.63. The van der Waals surface area contributed by atoms with Crippen LogP contribution in [-0.4, -0.2) is 32.7 Å². The molecule has 0 bridgehead atoms. The number of carbonyl (C=O) groups is 2. The van der Waals surface area contributed by atoms with Crippen LogP contribution in [0.3, 0.4) is 0 Å². The second-order valence-corrected chi connectivity index (χ2v) is 8.43. The van der Waals surface area contributed by atoms with Gasteiger partial charge in [0.05, 0.1) is 23.1 Å². The summed E-state index contributed by atoms with van der Waals surface area (Å²) < 4.78 is 29.2. The number of ether oxygens (including phenoxy) is 1. The molecule has 2 aromatic carbocycles. The molecule has 1 N–H and O–H groups in total. The zero-order chi connectivity index (χ0) is 19.9. The van der Waals surface area contributed by atoms with Gasteiger partial charge in [-0.25, -0.2) is 8.42 Å². The maximum absolute atomic E-state index is 12.2. The van der Waals surface area contributed by atoms with Crippen LogP contribution in [0.25, 0.3) is 0 Å². The van der Waals surface area contributed by atoms with Crippen LogP contribution < -0.4 is 5.32 Å². The molecule has 0 fully saturated rings. The molecule has 0 aliphatic rings. The van der Waals surface area contributed by atoms with Crippen LogP contribution in [-0.2, 0) is 24.2 Å². The maximum Gasteiger partial charge on any atom is 0.307 e. The van der Waals surface area contributed by atoms with Crippen LogP contribution in [0.1, 0.15) is 24.9 Å². The third-order valence-electron chi connectivity index (χ3n) is 3.79. The minimum absolute atomic E-state index is 0.0779. The fourth-order valence-corrected chi connectivity index (χ4v) is 3.65. The molecule has 0 aromatic heterocycles. The molecule has 0 saturated heterocycles. The van der Waals surface area contributed by atoms with Crippen molar-refractivity contribution in [3.63, 3.8) is 0 Å². The molecule has 8 heteroatoms. The van der Waals surface area contributed by atoms with E-state index >= 15 is 0 Å². The molecule has 0 spiro atoms. The molecule has 1 amide bonds. The van der Waals surface area contributed by atoms with Gasteiger partial charge >= 0.3 is 5.97 Å². The summed E-state index contributed by atoms with van der Waals surface area (Å²) in [6, 6.07) is 14.8. The lowest BCUT2D eigenvalue weighted by Crippen LogP contribution is -2.31. The number of amides is 1. The van der Waals surface area contributed by atoms with E-state index in [1.807, 2.05) is 37.3 Å². The Morgan fingerprint density at radius 3 is 2.33 bits per heavy atom. The second kappa shape index (κ2) is 9.53. The van der Waals surface area contributed by atoms with Gasteiger partial charge in [-0.05, 0) is 36.8 Å². The molecule has 0 aliphatic heterocycles. The Bertz CT molecular complexity index is 882. The number of nitrogens with one attached hydrogen (secondary N) is 1. The Hall–Kier alpha value is -2.38. The Morgan fingerprint density at radius 1 is 1.07 bits per heavy atom. The third-order valence-corrected chi connectivity index (χ3v) is 5.77. The van der Waals surface area contributed by atoms with Crippen molar-refractivity contribution in [1.82, 2.24) is 5.32 Å². The number of sulfone groups is 1. The summed E-state index contributed by atoms with van der Waals surface area (Å²) in [5.74, 6) is -1.62. The average Bonchev–Trinajstić information content (AvgIpc) is 2.66. The van der Waals surface area contributed by atoms with Crippen molar-refractivity contribution in [2.75, 3.05) is 12.4 Å². The standard InChI is InChI=1S/C19H20ClNO5S/c1-14(15-5-3-2-4-6-15)21-18(22)13-26-19(23)11-12-27(24,25)17-9-7-16(20)8-10-17/h2-10,14H,11-13H2,1H3,(H,21,22). The van der Waals surface area contributed by atoms with Gasteiger partial charge in [0.15, 0.2) is 16.4 Å². The largest absolute Gasteiger partial charge is 0.456 e. The first kappa shape index (κ1) is 20.9. The van der Waals surface area contributed by atoms with Gasteiger partial charge in [-0.3, -0.25) is 9.59 Å². The summed E-state index contributed by atoms with van der Waals surface area (Å²) >= 11 is 5.73. The highest BCUT2D eigenvalue weighted by molar-refractivity contribution is 7.91. The van der Waals surface area contributed by atoms with E-state index in [0.717, 1.165) is 5.56 Å². The zero-order valence-corrected chi connectivity index (χ0v) is 16.3. The van der Waals surface area contributed by atoms with Gasteiger partial charge in [0.1, 0.15) is 0 Å². The maximum atomic E-state index is 12.2. The molecular weight excluding hydrogens is 390 g/mol. The van der Waals surface area contributed by atoms with E-state index in [-0.39, 0.29) is 17.4 Å². The van der Waals surface area contributed by atoms with Crippen molar-refractivity contribution < 1.29 is 22.7 Å². The number of rotatable bonds is 8. The Morgan fingerprint density at radius 2 is 1.70 bits per heavy atom. The van der Waals surface area contributed by atoms with Crippen molar-refractivity contribution in [3.8, 4) is 0 Å². The van der Waals surface area contributed by atoms with E-state index in [2.05, 4.69) is 5.32 Å². The van der Waals surface area contributed by atoms with E-state index in [0.29, 0.717) is 5.02 Å². The molecule has 0 heterocycles. The van der Waals surface area contributed by atoms with E-state index in [9.17, 15) is 18.0 Å². The molecule has 2 aromatic rings. The molecule has 6 nitrogen and oxygen atoms in total. The molecule has 144 valence electrons. The number of carbonyl (C=O) groups excluding carboxylic acids is 2. The number of benzene rings is 2. The lowest BCUT2D eigenvalue weighted by molar-refractivity contribution is -0.148. The van der Waals surface area contributed by atoms with E-state index in [1.165, 1.54) is 24.3 Å². The van der Waals surface area contributed by atoms with Crippen LogP contribution in [0.2, 0.25) is 5.02 Å². The van der Waals surface area contributed by atoms with Gasteiger partial charge in [-0.15, -0.1) is 0 Å². The summed E-state index contributed by atoms with van der Waals surface area (Å²) in [6.45, 7) is 1.35. The Kier molecular flexibility index (Phi) is 7.38. The van der Waals surface area contributed by atoms with Gasteiger partial charge in [-0.1, -0.05) is 41.9 Å². The molecule has 1 unspecified atom stereocenters. The third kappa shape index (κ3) is 6.69. The summed E-state index contributed by atoms with van der Waals surface area (Å²) in [5, 5.41) is 3.13. The monoisotopic (exact) mass is 409 g/mol. The van der Waals surface area contributed by atoms with Gasteiger partial charge in [0.2, 0.25) is 0 Å². The van der Waals surface area contributed by atoms with Crippen molar-refractivity contribution in [2.45, 2.75) is 24.3 Å². The molecule has 27 heavy (non-hydrogen) atoms. The second-order valence-electron chi connectivity index (χ2n) is 5.88. The SMILES string of the molecule is CC(NC(=O)COC(=O)CCS(=O)(=O)c1ccc(Cl)cc1)c1ccccc1. The average molecular weight is 410 g/mol. The van der Waals surface area contributed by atoms with E-state index < -0.39 is 34.1 Å². The van der Waals surface area contributed by atoms with Crippen LogP contribution in [0.15, 0.2) is 59.5 Å². The number of esters is 1. The number of hydrogen-bond acceptors (Lipinski definition) is 5. The summed E-state index contributed by atoms with van der Waals surface area (Å²) in [4.78, 5) is 23.7. The fourth-order valence-electron chi connectivity index (χ4n) is 2.30. The van der Waals surface area contributed by atoms with Crippen molar-refractivity contribution in [3.05, 3.63) is 65.2 Å². The van der Waals surface area contributed by atoms with Gasteiger partial charge in [-0.2, -0.15) is 0 Å². The molecule has 1 atom stereocenters. The molecule has 0 saturated carbocycles. The zero-order valence-electron chi connectivity index (χ0n) is 14.7. The Balaban J connectivity index is 1.77. The summed E-state index contributed by atoms with van der Waals surface area (Å²) in [7, 11) is -3.63. The number of hydrogen-bond donors (Lipinski definition) is 1. The first-order chi connectivity index (χ1) is 12.8. The Labute approximate surface area is 163 Å². The highest BCUT2D eigenvalue weighted by atomic mass is 35.5. The predicted molar refractivity (Wildman–Crippen MR) is 102 cm³/mol. The highest BCUT2D eigenvalue weighted by Gasteiger charge is 2.18. The van der Waals surface area contributed by atoms with Gasteiger partial charge in [0.25, 0.3) is 5.91 Å². The minimum Gasteiger partial charge on any atom is -0.456 e. The predicted octanol–water partition coefficient (Wildman–Crippen LogP) is 2.92. The lowest BCUT2D eigenvalue weighted by Gasteiger charge is -2.14. The van der Waals surface area contributed by atoms with Crippen molar-refractivity contribution in [1.29, 1.82) is 0 Å². The van der Waals surface area contributed by atoms with Crippen LogP contribution >= 0.6 is 11.6 Å². The lowest BCUT2D eigenvalue weighted by atomic mass is 10.1. The van der Waals surface area contributed by atoms with Crippen molar-refractivity contribution in [2.24, 2.45) is 0 Å². The molecule has 0 radical (unpaired) electrons. The fraction of sp³-hybridized carbons (Fsp3) is 0.263. The molecule has 2 rings (SSSR count). The quantitative estimate of drug-likeness (QED) is 0.677. The van der Waals surface area contributed by atoms with Crippen molar-refractivity contribution >= 4 is 33.3 Å². The normalized spacial score (nSPS) is 12.2. The van der Waals surface area contributed by atoms with E-state index in [1.54, 1.807) is 0 Å². The highest BCUT2D eigenvalue weighted by Crippen LogP contribution is 2.16. The first-order valence-corrected chi connectivity index (χ1v) is 10.3. The first-order valence-electron chi connectivity index (χ1n) is 8.26. The van der Waals surface area contributed by atoms with Crippen LogP contribution in [0.5, 0.6) is 0 Å². The summed E-state index contributed by atoms with van der Waals surface area (Å²) in [6.07, 6.45) is -0.341. The molecule has 0 aliphatic carbocycles. The van der Waals surface area contributed by atoms with E-state index in [4.69, 9.17) is 16.3 Å². The van der Waals surface area contributed by atoms with Crippen LogP contribution in [0, 0.1) is 0 Å². The topological polar surface area (TPSA) is 89.5 Å². The van der Waals surface area contributed by atoms with Gasteiger partial charge < -0.3 is 10.1 Å². The number of halogens is 1. The van der Waals surface area contributed by atoms with Crippen LogP contribution in [0.4, 0.5) is 0 Å². The molecular formula is C19H20ClNO5S.